The summed E-state index contributed by atoms with van der Waals surface area (Å²) >= 11 is 0. The van der Waals surface area contributed by atoms with Gasteiger partial charge in [0.15, 0.2) is 0 Å². The van der Waals surface area contributed by atoms with Gasteiger partial charge in [-0.1, -0.05) is 72.9 Å². The van der Waals surface area contributed by atoms with Gasteiger partial charge >= 0.3 is 0 Å². The number of rotatable bonds is 5. The van der Waals surface area contributed by atoms with Gasteiger partial charge in [-0.15, -0.1) is 0 Å². The Morgan fingerprint density at radius 3 is 2.23 bits per heavy atom. The topological polar surface area (TPSA) is 0 Å². The Kier molecular flexibility index (Phi) is 5.18. The maximum atomic E-state index is 2.43. The average molecular weight is 407 g/mol. The molecular formula is C31H34. The standard InChI is InChI=1S/C31H34/c1-2-5-27(6-3-1)30-20-19-28(29-7-4-8-31(29)30)21-22-9-11-23(12-10-22)24-13-15-25(16-14-24)26-17-18-26/h2,4-12,19-20,24-26,31H,1,3,13-18,21H2. The highest BCUT2D eigenvalue weighted by atomic mass is 14.4. The summed E-state index contributed by atoms with van der Waals surface area (Å²) in [6.07, 6.45) is 30.9. The molecule has 0 bridgehead atoms. The summed E-state index contributed by atoms with van der Waals surface area (Å²) in [6.45, 7) is 0. The van der Waals surface area contributed by atoms with E-state index >= 15 is 0 Å². The van der Waals surface area contributed by atoms with E-state index in [0.29, 0.717) is 5.92 Å². The zero-order valence-corrected chi connectivity index (χ0v) is 18.6. The van der Waals surface area contributed by atoms with Crippen molar-refractivity contribution in [3.8, 4) is 0 Å². The number of allylic oxidation sites excluding steroid dienone is 12. The van der Waals surface area contributed by atoms with Crippen LogP contribution in [0.1, 0.15) is 68.4 Å². The highest BCUT2D eigenvalue weighted by molar-refractivity contribution is 5.60. The SMILES string of the molecule is C1=CC2C(C3=CCCC=C3)=CC=C(Cc3ccc(C4CCC(C5CC5)CC4)cc3)C2=C1. The van der Waals surface area contributed by atoms with Crippen molar-refractivity contribution in [2.75, 3.05) is 0 Å². The summed E-state index contributed by atoms with van der Waals surface area (Å²) in [4.78, 5) is 0. The van der Waals surface area contributed by atoms with Crippen LogP contribution >= 0.6 is 0 Å². The maximum absolute atomic E-state index is 2.43. The second-order valence-corrected chi connectivity index (χ2v) is 10.3. The third-order valence-corrected chi connectivity index (χ3v) is 8.32. The van der Waals surface area contributed by atoms with Gasteiger partial charge in [0.25, 0.3) is 0 Å². The van der Waals surface area contributed by atoms with Crippen LogP contribution in [0.5, 0.6) is 0 Å². The van der Waals surface area contributed by atoms with Crippen molar-refractivity contribution in [2.24, 2.45) is 17.8 Å². The van der Waals surface area contributed by atoms with Crippen molar-refractivity contribution < 1.29 is 0 Å². The Morgan fingerprint density at radius 1 is 0.742 bits per heavy atom. The second kappa shape index (κ2) is 8.30. The molecule has 2 saturated carbocycles. The fraction of sp³-hybridized carbons (Fsp3) is 0.419. The third-order valence-electron chi connectivity index (χ3n) is 8.32. The molecule has 0 spiro atoms. The number of fused-ring (bicyclic) bond motifs is 1. The lowest BCUT2D eigenvalue weighted by Crippen LogP contribution is -2.14. The third kappa shape index (κ3) is 3.98. The van der Waals surface area contributed by atoms with Crippen molar-refractivity contribution in [3.05, 3.63) is 106 Å². The molecule has 0 amide bonds. The van der Waals surface area contributed by atoms with Gasteiger partial charge in [-0.25, -0.2) is 0 Å². The molecule has 0 nitrogen and oxygen atoms in total. The molecule has 0 heterocycles. The lowest BCUT2D eigenvalue weighted by atomic mass is 9.76. The van der Waals surface area contributed by atoms with Crippen molar-refractivity contribution in [1.29, 1.82) is 0 Å². The van der Waals surface area contributed by atoms with Crippen molar-refractivity contribution in [1.82, 2.24) is 0 Å². The Labute approximate surface area is 187 Å². The Balaban J connectivity index is 1.15. The molecule has 0 aromatic heterocycles. The quantitative estimate of drug-likeness (QED) is 0.462. The summed E-state index contributed by atoms with van der Waals surface area (Å²) < 4.78 is 0. The Bertz CT molecular complexity index is 1010. The van der Waals surface area contributed by atoms with E-state index < -0.39 is 0 Å². The van der Waals surface area contributed by atoms with Gasteiger partial charge < -0.3 is 0 Å². The van der Waals surface area contributed by atoms with Gasteiger partial charge in [0.2, 0.25) is 0 Å². The Hall–Kier alpha value is -2.34. The Morgan fingerprint density at radius 2 is 1.52 bits per heavy atom. The molecule has 158 valence electrons. The van der Waals surface area contributed by atoms with Crippen LogP contribution in [0, 0.1) is 17.8 Å². The zero-order chi connectivity index (χ0) is 20.6. The first-order valence-electron chi connectivity index (χ1n) is 12.6. The molecule has 6 rings (SSSR count). The molecule has 2 fully saturated rings. The van der Waals surface area contributed by atoms with E-state index in [1.807, 2.05) is 0 Å². The van der Waals surface area contributed by atoms with Crippen LogP contribution < -0.4 is 0 Å². The minimum Gasteiger partial charge on any atom is -0.0836 e. The first-order chi connectivity index (χ1) is 15.3. The first kappa shape index (κ1) is 19.4. The summed E-state index contributed by atoms with van der Waals surface area (Å²) in [5, 5.41) is 0. The van der Waals surface area contributed by atoms with E-state index in [4.69, 9.17) is 0 Å². The molecule has 0 N–H and O–H groups in total. The predicted molar refractivity (Wildman–Crippen MR) is 131 cm³/mol. The van der Waals surface area contributed by atoms with E-state index in [2.05, 4.69) is 72.9 Å². The lowest BCUT2D eigenvalue weighted by molar-refractivity contribution is 0.296. The van der Waals surface area contributed by atoms with Gasteiger partial charge in [0.05, 0.1) is 0 Å². The van der Waals surface area contributed by atoms with Crippen LogP contribution in [0.3, 0.4) is 0 Å². The van der Waals surface area contributed by atoms with Crippen LogP contribution in [0.15, 0.2) is 95.2 Å². The molecule has 1 atom stereocenters. The van der Waals surface area contributed by atoms with Crippen LogP contribution in [0.4, 0.5) is 0 Å². The van der Waals surface area contributed by atoms with Gasteiger partial charge in [0.1, 0.15) is 0 Å². The average Bonchev–Trinajstić information content (AvgIpc) is 3.56. The molecule has 1 unspecified atom stereocenters. The van der Waals surface area contributed by atoms with E-state index in [9.17, 15) is 0 Å². The van der Waals surface area contributed by atoms with E-state index in [0.717, 1.165) is 24.2 Å². The summed E-state index contributed by atoms with van der Waals surface area (Å²) in [5.74, 6) is 3.38. The molecular weight excluding hydrogens is 372 g/mol. The van der Waals surface area contributed by atoms with E-state index in [-0.39, 0.29) is 0 Å². The monoisotopic (exact) mass is 406 g/mol. The molecule has 0 heteroatoms. The molecule has 31 heavy (non-hydrogen) atoms. The smallest absolute Gasteiger partial charge is 0.0281 e. The summed E-state index contributed by atoms with van der Waals surface area (Å²) in [6, 6.07) is 9.65. The number of benzene rings is 1. The van der Waals surface area contributed by atoms with Crippen molar-refractivity contribution in [3.63, 3.8) is 0 Å². The maximum Gasteiger partial charge on any atom is 0.0281 e. The predicted octanol–water partition coefficient (Wildman–Crippen LogP) is 8.17. The second-order valence-electron chi connectivity index (χ2n) is 10.3. The molecule has 0 saturated heterocycles. The highest BCUT2D eigenvalue weighted by Gasteiger charge is 2.34. The summed E-state index contributed by atoms with van der Waals surface area (Å²) in [7, 11) is 0. The van der Waals surface area contributed by atoms with Gasteiger partial charge in [-0.3, -0.25) is 0 Å². The molecule has 1 aromatic rings. The van der Waals surface area contributed by atoms with Crippen LogP contribution in [-0.2, 0) is 6.42 Å². The summed E-state index contributed by atoms with van der Waals surface area (Å²) in [5.41, 5.74) is 8.90. The minimum atomic E-state index is 0.440. The molecule has 5 aliphatic rings. The number of hydrogen-bond acceptors (Lipinski definition) is 0. The molecule has 0 aliphatic heterocycles. The van der Waals surface area contributed by atoms with E-state index in [1.165, 1.54) is 79.2 Å². The van der Waals surface area contributed by atoms with Gasteiger partial charge in [-0.05, 0) is 109 Å². The van der Waals surface area contributed by atoms with Gasteiger partial charge in [0, 0.05) is 5.92 Å². The molecule has 5 aliphatic carbocycles. The minimum absolute atomic E-state index is 0.440. The fourth-order valence-corrected chi connectivity index (χ4v) is 6.33. The van der Waals surface area contributed by atoms with Gasteiger partial charge in [-0.2, -0.15) is 0 Å². The number of hydrogen-bond donors (Lipinski definition) is 0. The van der Waals surface area contributed by atoms with Crippen molar-refractivity contribution >= 4 is 0 Å². The zero-order valence-electron chi connectivity index (χ0n) is 18.6. The highest BCUT2D eigenvalue weighted by Crippen LogP contribution is 2.47. The van der Waals surface area contributed by atoms with E-state index in [1.54, 1.807) is 5.56 Å². The van der Waals surface area contributed by atoms with Crippen LogP contribution in [0.2, 0.25) is 0 Å². The molecule has 0 radical (unpaired) electrons. The fourth-order valence-electron chi connectivity index (χ4n) is 6.33. The lowest BCUT2D eigenvalue weighted by Gasteiger charge is -2.29. The first-order valence-corrected chi connectivity index (χ1v) is 12.6. The molecule has 1 aromatic carbocycles. The van der Waals surface area contributed by atoms with Crippen molar-refractivity contribution in [2.45, 2.75) is 63.7 Å². The normalized spacial score (nSPS) is 29.7. The van der Waals surface area contributed by atoms with Crippen LogP contribution in [-0.4, -0.2) is 0 Å². The largest absolute Gasteiger partial charge is 0.0836 e. The van der Waals surface area contributed by atoms with Crippen LogP contribution in [0.25, 0.3) is 0 Å².